The van der Waals surface area contributed by atoms with Crippen molar-refractivity contribution in [2.45, 2.75) is 43.7 Å². The van der Waals surface area contributed by atoms with Crippen molar-refractivity contribution in [1.29, 1.82) is 0 Å². The first-order chi connectivity index (χ1) is 27.3. The Kier molecular flexibility index (Phi) is 10.2. The number of aliphatic hydroxyl groups is 1. The van der Waals surface area contributed by atoms with Crippen LogP contribution >= 0.6 is 23.2 Å². The highest BCUT2D eigenvalue weighted by Crippen LogP contribution is 2.47. The number of hydrogen-bond donors (Lipinski definition) is 3. The maximum absolute atomic E-state index is 13.9. The Balaban J connectivity index is 1.11. The van der Waals surface area contributed by atoms with Crippen molar-refractivity contribution in [2.75, 3.05) is 45.2 Å². The summed E-state index contributed by atoms with van der Waals surface area (Å²) >= 11 is 14.2. The van der Waals surface area contributed by atoms with E-state index in [9.17, 15) is 28.3 Å². The molecule has 5 heterocycles. The van der Waals surface area contributed by atoms with Crippen molar-refractivity contribution in [3.63, 3.8) is 0 Å². The van der Waals surface area contributed by atoms with Gasteiger partial charge in [0.1, 0.15) is 11.2 Å². The molecule has 298 valence electrons. The van der Waals surface area contributed by atoms with Crippen molar-refractivity contribution >= 4 is 51.8 Å². The average molecular weight is 823 g/mol. The van der Waals surface area contributed by atoms with Crippen LogP contribution in [0.5, 0.6) is 5.88 Å². The van der Waals surface area contributed by atoms with E-state index in [2.05, 4.69) is 25.5 Å². The van der Waals surface area contributed by atoms with Gasteiger partial charge in [-0.1, -0.05) is 53.5 Å². The van der Waals surface area contributed by atoms with Gasteiger partial charge in [-0.3, -0.25) is 18.8 Å². The predicted molar refractivity (Wildman–Crippen MR) is 212 cm³/mol. The van der Waals surface area contributed by atoms with Gasteiger partial charge in [-0.15, -0.1) is 0 Å². The zero-order valence-electron chi connectivity index (χ0n) is 31.3. The molecule has 2 amide bonds. The van der Waals surface area contributed by atoms with Gasteiger partial charge in [0, 0.05) is 68.6 Å². The number of nitrogens with one attached hydrogen (secondary N) is 2. The van der Waals surface area contributed by atoms with E-state index in [1.165, 1.54) is 14.1 Å². The lowest BCUT2D eigenvalue weighted by Gasteiger charge is -2.40. The number of hydrogen-bond acceptors (Lipinski definition) is 10. The smallest absolute Gasteiger partial charge is 0.332 e. The maximum Gasteiger partial charge on any atom is 0.332 e. The van der Waals surface area contributed by atoms with Gasteiger partial charge < -0.3 is 25.4 Å². The Hall–Kier alpha value is -5.16. The number of carbonyl (C=O) groups is 1. The molecule has 1 aliphatic carbocycles. The Morgan fingerprint density at radius 3 is 2.44 bits per heavy atom. The van der Waals surface area contributed by atoms with Crippen LogP contribution in [0.1, 0.15) is 48.7 Å². The summed E-state index contributed by atoms with van der Waals surface area (Å²) in [5.74, 6) is -0.606. The highest BCUT2D eigenvalue weighted by Gasteiger charge is 2.46. The number of benzene rings is 2. The summed E-state index contributed by atoms with van der Waals surface area (Å²) in [5, 5.41) is 15.9. The van der Waals surface area contributed by atoms with Crippen LogP contribution in [0.3, 0.4) is 0 Å². The molecule has 2 fully saturated rings. The lowest BCUT2D eigenvalue weighted by Crippen LogP contribution is -2.61. The molecule has 2 aliphatic heterocycles. The minimum atomic E-state index is -3.09. The molecule has 0 radical (unpaired) electrons. The van der Waals surface area contributed by atoms with Crippen molar-refractivity contribution < 1.29 is 23.4 Å². The molecule has 2 saturated heterocycles. The van der Waals surface area contributed by atoms with Gasteiger partial charge in [-0.05, 0) is 43.4 Å². The van der Waals surface area contributed by atoms with Gasteiger partial charge >= 0.3 is 11.7 Å². The Labute approximate surface area is 335 Å². The van der Waals surface area contributed by atoms with Gasteiger partial charge in [0.15, 0.2) is 11.5 Å². The van der Waals surface area contributed by atoms with Crippen LogP contribution in [0.4, 0.5) is 25.1 Å². The zero-order chi connectivity index (χ0) is 40.3. The van der Waals surface area contributed by atoms with Crippen LogP contribution in [0, 0.1) is 0 Å². The zero-order valence-corrected chi connectivity index (χ0v) is 32.8. The number of amides is 2. The molecule has 0 unspecified atom stereocenters. The van der Waals surface area contributed by atoms with Gasteiger partial charge in [-0.25, -0.2) is 33.3 Å². The molecule has 3 N–H and O–H groups in total. The molecule has 2 aromatic carbocycles. The van der Waals surface area contributed by atoms with E-state index >= 15 is 0 Å². The molecule has 2 atom stereocenters. The number of pyridine rings is 1. The second-order valence-electron chi connectivity index (χ2n) is 14.6. The SMILES string of the molecule is COc1nc(-c2cccc(-c3cccc(Nc4nc(C(F)F)nc5c4c(=O)n(C)c(=O)n5C)c3Cl)c2Cl)cc2c1[C@H](N1CC[C@@]3(CCN(CCO)C(=O)N3)C1)CC2. The number of rotatable bonds is 9. The molecular weight excluding hydrogens is 783 g/mol. The lowest BCUT2D eigenvalue weighted by atomic mass is 9.92. The number of aromatic nitrogens is 5. The minimum Gasteiger partial charge on any atom is -0.481 e. The lowest BCUT2D eigenvalue weighted by molar-refractivity contribution is 0.127. The average Bonchev–Trinajstić information content (AvgIpc) is 3.82. The summed E-state index contributed by atoms with van der Waals surface area (Å²) in [7, 11) is 4.21. The number of halogens is 4. The molecule has 8 rings (SSSR count). The summed E-state index contributed by atoms with van der Waals surface area (Å²) < 4.78 is 35.7. The summed E-state index contributed by atoms with van der Waals surface area (Å²) in [4.78, 5) is 55.5. The Morgan fingerprint density at radius 2 is 1.72 bits per heavy atom. The fourth-order valence-electron chi connectivity index (χ4n) is 8.44. The minimum absolute atomic E-state index is 0.0629. The summed E-state index contributed by atoms with van der Waals surface area (Å²) in [5.41, 5.74) is 2.62. The topological polar surface area (TPSA) is 160 Å². The first-order valence-corrected chi connectivity index (χ1v) is 19.2. The largest absolute Gasteiger partial charge is 0.481 e. The second-order valence-corrected chi connectivity index (χ2v) is 15.4. The van der Waals surface area contributed by atoms with Crippen molar-refractivity contribution in [1.82, 2.24) is 39.2 Å². The van der Waals surface area contributed by atoms with E-state index in [0.717, 1.165) is 52.5 Å². The highest BCUT2D eigenvalue weighted by molar-refractivity contribution is 6.39. The number of fused-ring (bicyclic) bond motifs is 2. The summed E-state index contributed by atoms with van der Waals surface area (Å²) in [6, 6.07) is 12.5. The molecule has 1 spiro atoms. The first kappa shape index (κ1) is 38.7. The molecule has 3 aliphatic rings. The maximum atomic E-state index is 13.9. The summed E-state index contributed by atoms with van der Waals surface area (Å²) in [6.45, 7) is 2.38. The van der Waals surface area contributed by atoms with E-state index in [1.54, 1.807) is 36.3 Å². The molecule has 0 bridgehead atoms. The number of aliphatic hydroxyl groups excluding tert-OH is 1. The molecule has 18 heteroatoms. The molecule has 3 aromatic heterocycles. The Morgan fingerprint density at radius 1 is 1.00 bits per heavy atom. The number of β-amino-alcohol motifs (C(OH)–C–C–N with tert-alkyl or cyclic N) is 1. The van der Waals surface area contributed by atoms with Crippen molar-refractivity contribution in [2.24, 2.45) is 14.1 Å². The van der Waals surface area contributed by atoms with Crippen LogP contribution in [0.15, 0.2) is 52.1 Å². The van der Waals surface area contributed by atoms with Gasteiger partial charge in [0.05, 0.1) is 40.7 Å². The number of carbonyl (C=O) groups excluding carboxylic acids is 1. The molecule has 14 nitrogen and oxygen atoms in total. The fourth-order valence-corrected chi connectivity index (χ4v) is 9.04. The number of aryl methyl sites for hydroxylation is 2. The highest BCUT2D eigenvalue weighted by atomic mass is 35.5. The third-order valence-electron chi connectivity index (χ3n) is 11.4. The molecule has 57 heavy (non-hydrogen) atoms. The van der Waals surface area contributed by atoms with Crippen LogP contribution in [-0.4, -0.2) is 90.5 Å². The monoisotopic (exact) mass is 821 g/mol. The fraction of sp³-hybridized carbons (Fsp3) is 0.385. The van der Waals surface area contributed by atoms with Gasteiger partial charge in [-0.2, -0.15) is 0 Å². The molecular formula is C39H39Cl2F2N9O5. The van der Waals surface area contributed by atoms with Crippen molar-refractivity contribution in [3.8, 4) is 28.3 Å². The molecule has 0 saturated carbocycles. The summed E-state index contributed by atoms with van der Waals surface area (Å²) in [6.07, 6.45) is 0.214. The third kappa shape index (κ3) is 6.67. The van der Waals surface area contributed by atoms with E-state index in [-0.39, 0.29) is 51.8 Å². The van der Waals surface area contributed by atoms with Gasteiger partial charge in [0.25, 0.3) is 12.0 Å². The van der Waals surface area contributed by atoms with Crippen LogP contribution in [0.2, 0.25) is 10.0 Å². The Bertz CT molecular complexity index is 2570. The van der Waals surface area contributed by atoms with E-state index < -0.39 is 23.5 Å². The second kappa shape index (κ2) is 15.0. The van der Waals surface area contributed by atoms with Crippen LogP contribution < -0.4 is 26.6 Å². The number of nitrogens with zero attached hydrogens (tertiary/aromatic N) is 7. The number of methoxy groups -OCH3 is 1. The predicted octanol–water partition coefficient (Wildman–Crippen LogP) is 5.59. The third-order valence-corrected chi connectivity index (χ3v) is 12.2. The number of anilines is 2. The van der Waals surface area contributed by atoms with Crippen molar-refractivity contribution in [3.05, 3.63) is 90.3 Å². The number of likely N-dealkylation sites (tertiary alicyclic amines) is 1. The quantitative estimate of drug-likeness (QED) is 0.171. The standard InChI is InChI=1S/C39H39Cl2F2N9O5/c1-49-34-28(36(54)50(2)38(49)56)32(46-33(47-34)31(42)43)44-24-9-5-7-22(30(24)41)21-6-4-8-23(29(21)40)25-18-20-10-11-26(27(20)35(45-25)57-3)52-15-13-39(19-52)12-14-51(16-17-53)37(55)48-39/h4-9,18,26,31,53H,10-17,19H2,1-3H3,(H,48,55)(H,44,46,47)/t26-,39+/m1/s1. The van der Waals surface area contributed by atoms with E-state index in [4.69, 9.17) is 32.9 Å². The number of alkyl halides is 2. The number of ether oxygens (including phenoxy) is 1. The molecule has 5 aromatic rings. The first-order valence-electron chi connectivity index (χ1n) is 18.4. The van der Waals surface area contributed by atoms with E-state index in [0.29, 0.717) is 52.9 Å². The van der Waals surface area contributed by atoms with Crippen LogP contribution in [0.25, 0.3) is 33.4 Å². The number of urea groups is 1. The van der Waals surface area contributed by atoms with E-state index in [1.807, 2.05) is 18.2 Å². The van der Waals surface area contributed by atoms with Gasteiger partial charge in [0.2, 0.25) is 5.88 Å². The van der Waals surface area contributed by atoms with Crippen LogP contribution in [-0.2, 0) is 20.5 Å². The normalized spacial score (nSPS) is 19.5.